The number of carbonyl (C=O) groups is 2. The van der Waals surface area contributed by atoms with Crippen LogP contribution in [-0.4, -0.2) is 50.2 Å². The number of nitrogens with one attached hydrogen (secondary N) is 2. The van der Waals surface area contributed by atoms with Gasteiger partial charge in [0, 0.05) is 47.9 Å². The Balaban J connectivity index is 1.72. The van der Waals surface area contributed by atoms with E-state index in [1.165, 1.54) is 4.90 Å². The molecule has 0 spiro atoms. The molecule has 0 atom stereocenters. The third-order valence-electron chi connectivity index (χ3n) is 5.03. The Hall–Kier alpha value is -4.01. The van der Waals surface area contributed by atoms with E-state index < -0.39 is 6.09 Å². The number of anilines is 1. The van der Waals surface area contributed by atoms with Crippen molar-refractivity contribution in [1.82, 2.24) is 25.2 Å². The quantitative estimate of drug-likeness (QED) is 0.597. The van der Waals surface area contributed by atoms with Gasteiger partial charge in [-0.2, -0.15) is 0 Å². The summed E-state index contributed by atoms with van der Waals surface area (Å²) in [6.45, 7) is 3.01. The Morgan fingerprint density at radius 3 is 2.48 bits per heavy atom. The van der Waals surface area contributed by atoms with E-state index in [2.05, 4.69) is 15.6 Å². The van der Waals surface area contributed by atoms with Crippen LogP contribution in [0.2, 0.25) is 0 Å². The summed E-state index contributed by atoms with van der Waals surface area (Å²) in [7, 11) is 0. The van der Waals surface area contributed by atoms with Crippen molar-refractivity contribution in [1.29, 1.82) is 0 Å². The second kappa shape index (κ2) is 8.78. The van der Waals surface area contributed by atoms with Crippen LogP contribution < -0.4 is 10.6 Å². The molecule has 2 aromatic heterocycles. The maximum absolute atomic E-state index is 11.7. The molecule has 3 amide bonds. The zero-order valence-corrected chi connectivity index (χ0v) is 17.0. The van der Waals surface area contributed by atoms with E-state index in [1.54, 1.807) is 24.5 Å². The highest BCUT2D eigenvalue weighted by molar-refractivity contribution is 5.89. The predicted molar refractivity (Wildman–Crippen MR) is 116 cm³/mol. The molecule has 1 aliphatic rings. The minimum absolute atomic E-state index is 0.217. The van der Waals surface area contributed by atoms with Gasteiger partial charge in [-0.1, -0.05) is 0 Å². The van der Waals surface area contributed by atoms with Crippen LogP contribution in [0.1, 0.15) is 18.2 Å². The van der Waals surface area contributed by atoms with E-state index >= 15 is 0 Å². The smallest absolute Gasteiger partial charge is 0.407 e. The number of carbonyl (C=O) groups excluding carboxylic acids is 1. The fourth-order valence-electron chi connectivity index (χ4n) is 3.51. The van der Waals surface area contributed by atoms with Crippen LogP contribution in [-0.2, 0) is 13.0 Å². The molecule has 9 heteroatoms. The third kappa shape index (κ3) is 4.45. The molecule has 9 nitrogen and oxygen atoms in total. The minimum Gasteiger partial charge on any atom is -0.465 e. The topological polar surface area (TPSA) is 120 Å². The molecule has 0 saturated heterocycles. The fourth-order valence-corrected chi connectivity index (χ4v) is 3.51. The first kappa shape index (κ1) is 20.3. The van der Waals surface area contributed by atoms with Crippen LogP contribution in [0.15, 0.2) is 48.8 Å². The molecule has 1 aliphatic heterocycles. The highest BCUT2D eigenvalue weighted by Crippen LogP contribution is 2.30. The summed E-state index contributed by atoms with van der Waals surface area (Å²) in [5.41, 5.74) is 4.79. The molecule has 3 heterocycles. The monoisotopic (exact) mass is 418 g/mol. The van der Waals surface area contributed by atoms with E-state index in [0.29, 0.717) is 36.7 Å². The maximum atomic E-state index is 11.7. The highest BCUT2D eigenvalue weighted by Gasteiger charge is 2.25. The summed E-state index contributed by atoms with van der Waals surface area (Å²) in [4.78, 5) is 38.1. The van der Waals surface area contributed by atoms with Gasteiger partial charge in [0.05, 0.1) is 17.9 Å². The lowest BCUT2D eigenvalue weighted by Gasteiger charge is -2.27. The molecule has 0 saturated carbocycles. The number of amides is 3. The number of hydrogen-bond donors (Lipinski definition) is 3. The summed E-state index contributed by atoms with van der Waals surface area (Å²) in [5.74, 6) is 0.502. The fraction of sp³-hybridized carbons (Fsp3) is 0.227. The van der Waals surface area contributed by atoms with E-state index in [9.17, 15) is 14.7 Å². The van der Waals surface area contributed by atoms with Crippen molar-refractivity contribution in [3.63, 3.8) is 0 Å². The predicted octanol–water partition coefficient (Wildman–Crippen LogP) is 3.38. The summed E-state index contributed by atoms with van der Waals surface area (Å²) in [5, 5.41) is 14.8. The number of urea groups is 1. The number of carboxylic acid groups (broad SMARTS) is 1. The zero-order chi connectivity index (χ0) is 21.8. The average molecular weight is 418 g/mol. The van der Waals surface area contributed by atoms with Crippen LogP contribution in [0.5, 0.6) is 0 Å². The molecule has 0 fully saturated rings. The van der Waals surface area contributed by atoms with Crippen molar-refractivity contribution in [2.75, 3.05) is 18.4 Å². The SMILES string of the molecule is CCNC(=O)Nc1ccc(-c2nc3c(c(-c4ccncc4)n2)CCN(C(=O)O)C3)cc1. The second-order valence-corrected chi connectivity index (χ2v) is 7.07. The molecule has 31 heavy (non-hydrogen) atoms. The van der Waals surface area contributed by atoms with E-state index in [1.807, 2.05) is 31.2 Å². The average Bonchev–Trinajstić information content (AvgIpc) is 2.79. The number of rotatable bonds is 4. The van der Waals surface area contributed by atoms with Gasteiger partial charge in [-0.25, -0.2) is 19.6 Å². The first-order chi connectivity index (χ1) is 15.0. The van der Waals surface area contributed by atoms with Crippen molar-refractivity contribution in [2.45, 2.75) is 19.9 Å². The number of pyridine rings is 1. The molecule has 3 aromatic rings. The number of benzene rings is 1. The first-order valence-electron chi connectivity index (χ1n) is 9.98. The van der Waals surface area contributed by atoms with Gasteiger partial charge in [0.2, 0.25) is 0 Å². The van der Waals surface area contributed by atoms with Gasteiger partial charge in [0.1, 0.15) is 0 Å². The molecule has 4 rings (SSSR count). The summed E-state index contributed by atoms with van der Waals surface area (Å²) < 4.78 is 0. The van der Waals surface area contributed by atoms with Crippen molar-refractivity contribution in [3.05, 3.63) is 60.0 Å². The van der Waals surface area contributed by atoms with Gasteiger partial charge in [0.25, 0.3) is 0 Å². The standard InChI is InChI=1S/C22H22N6O3/c1-2-24-21(29)25-16-5-3-15(4-6-16)20-26-18-13-28(22(30)31)12-9-17(18)19(27-20)14-7-10-23-11-8-14/h3-8,10-11H,2,9,12-13H2,1H3,(H,30,31)(H2,24,25,29). The third-order valence-corrected chi connectivity index (χ3v) is 5.03. The lowest BCUT2D eigenvalue weighted by Crippen LogP contribution is -2.35. The van der Waals surface area contributed by atoms with Crippen molar-refractivity contribution < 1.29 is 14.7 Å². The normalized spacial score (nSPS) is 12.7. The number of hydrogen-bond acceptors (Lipinski definition) is 5. The lowest BCUT2D eigenvalue weighted by atomic mass is 9.98. The van der Waals surface area contributed by atoms with Gasteiger partial charge in [0.15, 0.2) is 5.82 Å². The molecular weight excluding hydrogens is 396 g/mol. The van der Waals surface area contributed by atoms with Crippen molar-refractivity contribution >= 4 is 17.8 Å². The second-order valence-electron chi connectivity index (χ2n) is 7.07. The first-order valence-corrected chi connectivity index (χ1v) is 9.98. The summed E-state index contributed by atoms with van der Waals surface area (Å²) in [6.07, 6.45) is 3.00. The van der Waals surface area contributed by atoms with Crippen LogP contribution in [0, 0.1) is 0 Å². The Bertz CT molecular complexity index is 1100. The van der Waals surface area contributed by atoms with E-state index in [4.69, 9.17) is 9.97 Å². The van der Waals surface area contributed by atoms with Crippen LogP contribution in [0.25, 0.3) is 22.6 Å². The van der Waals surface area contributed by atoms with Crippen LogP contribution >= 0.6 is 0 Å². The molecule has 0 radical (unpaired) electrons. The Kier molecular flexibility index (Phi) is 5.74. The van der Waals surface area contributed by atoms with Gasteiger partial charge < -0.3 is 20.6 Å². The minimum atomic E-state index is -0.961. The Labute approximate surface area is 179 Å². The van der Waals surface area contributed by atoms with Gasteiger partial charge in [-0.3, -0.25) is 4.98 Å². The van der Waals surface area contributed by atoms with Gasteiger partial charge in [-0.05, 0) is 49.7 Å². The summed E-state index contributed by atoms with van der Waals surface area (Å²) >= 11 is 0. The van der Waals surface area contributed by atoms with Crippen LogP contribution in [0.3, 0.4) is 0 Å². The van der Waals surface area contributed by atoms with E-state index in [0.717, 1.165) is 22.4 Å². The molecule has 1 aromatic carbocycles. The Morgan fingerprint density at radius 1 is 1.06 bits per heavy atom. The molecule has 0 unspecified atom stereocenters. The highest BCUT2D eigenvalue weighted by atomic mass is 16.4. The molecule has 3 N–H and O–H groups in total. The molecule has 0 aliphatic carbocycles. The summed E-state index contributed by atoms with van der Waals surface area (Å²) in [6, 6.07) is 10.7. The zero-order valence-electron chi connectivity index (χ0n) is 17.0. The molecule has 0 bridgehead atoms. The largest absolute Gasteiger partial charge is 0.465 e. The number of nitrogens with zero attached hydrogens (tertiary/aromatic N) is 4. The van der Waals surface area contributed by atoms with Crippen molar-refractivity contribution in [2.24, 2.45) is 0 Å². The maximum Gasteiger partial charge on any atom is 0.407 e. The Morgan fingerprint density at radius 2 is 1.81 bits per heavy atom. The van der Waals surface area contributed by atoms with Gasteiger partial charge in [-0.15, -0.1) is 0 Å². The molecule has 158 valence electrons. The number of aromatic nitrogens is 3. The lowest BCUT2D eigenvalue weighted by molar-refractivity contribution is 0.139. The molecular formula is C22H22N6O3. The van der Waals surface area contributed by atoms with Crippen molar-refractivity contribution in [3.8, 4) is 22.6 Å². The van der Waals surface area contributed by atoms with E-state index in [-0.39, 0.29) is 12.6 Å². The number of fused-ring (bicyclic) bond motifs is 1. The van der Waals surface area contributed by atoms with Crippen LogP contribution in [0.4, 0.5) is 15.3 Å². The van der Waals surface area contributed by atoms with Gasteiger partial charge >= 0.3 is 12.1 Å².